The zero-order valence-corrected chi connectivity index (χ0v) is 30.2. The summed E-state index contributed by atoms with van der Waals surface area (Å²) in [7, 11) is 0. The summed E-state index contributed by atoms with van der Waals surface area (Å²) in [5.74, 6) is 1.88. The van der Waals surface area contributed by atoms with Crippen molar-refractivity contribution < 1.29 is 4.42 Å². The van der Waals surface area contributed by atoms with Gasteiger partial charge in [0.25, 0.3) is 0 Å². The van der Waals surface area contributed by atoms with Crippen LogP contribution in [0.4, 0.5) is 0 Å². The molecule has 5 nitrogen and oxygen atoms in total. The molecule has 3 aromatic heterocycles. The van der Waals surface area contributed by atoms with E-state index < -0.39 is 0 Å². The van der Waals surface area contributed by atoms with Gasteiger partial charge in [0.15, 0.2) is 17.5 Å². The Kier molecular flexibility index (Phi) is 7.42. The monoisotopic (exact) mass is 716 g/mol. The number of hydrogen-bond acceptors (Lipinski definition) is 4. The van der Waals surface area contributed by atoms with Crippen molar-refractivity contribution in [3.63, 3.8) is 0 Å². The number of furan rings is 1. The lowest BCUT2D eigenvalue weighted by Gasteiger charge is -2.08. The highest BCUT2D eigenvalue weighted by Gasteiger charge is 2.18. The Morgan fingerprint density at radius 2 is 0.911 bits per heavy atom. The smallest absolute Gasteiger partial charge is 0.164 e. The number of hydrogen-bond donors (Lipinski definition) is 0. The van der Waals surface area contributed by atoms with Crippen LogP contribution < -0.4 is 0 Å². The van der Waals surface area contributed by atoms with Gasteiger partial charge in [0.05, 0.1) is 5.52 Å². The fourth-order valence-electron chi connectivity index (χ4n) is 7.93. The van der Waals surface area contributed by atoms with Gasteiger partial charge < -0.3 is 8.98 Å². The van der Waals surface area contributed by atoms with Crippen molar-refractivity contribution in [2.75, 3.05) is 0 Å². The SMILES string of the molecule is c1ccc(-c2nc(-c3ccccc3)nc(-c3ccc4oc5ccc(-c6cccc(-c7cn(-c8ccccc8)c8ccc9ccccc9c78)c6)cc5c4c3)n2)cc1. The van der Waals surface area contributed by atoms with Gasteiger partial charge in [0.2, 0.25) is 0 Å². The molecule has 5 heteroatoms. The van der Waals surface area contributed by atoms with Crippen LogP contribution in [-0.4, -0.2) is 19.5 Å². The van der Waals surface area contributed by atoms with Gasteiger partial charge >= 0.3 is 0 Å². The molecule has 0 fully saturated rings. The summed E-state index contributed by atoms with van der Waals surface area (Å²) in [4.78, 5) is 14.8. The lowest BCUT2D eigenvalue weighted by molar-refractivity contribution is 0.669. The molecule has 0 unspecified atom stereocenters. The van der Waals surface area contributed by atoms with Crippen molar-refractivity contribution in [2.45, 2.75) is 0 Å². The predicted molar refractivity (Wildman–Crippen MR) is 229 cm³/mol. The number of para-hydroxylation sites is 1. The molecule has 0 aliphatic carbocycles. The average molecular weight is 717 g/mol. The highest BCUT2D eigenvalue weighted by Crippen LogP contribution is 2.40. The van der Waals surface area contributed by atoms with E-state index in [4.69, 9.17) is 19.4 Å². The summed E-state index contributed by atoms with van der Waals surface area (Å²) >= 11 is 0. The van der Waals surface area contributed by atoms with Gasteiger partial charge in [0.1, 0.15) is 11.2 Å². The summed E-state index contributed by atoms with van der Waals surface area (Å²) in [6.45, 7) is 0. The molecule has 0 aliphatic heterocycles. The van der Waals surface area contributed by atoms with Gasteiger partial charge in [-0.15, -0.1) is 0 Å². The van der Waals surface area contributed by atoms with Crippen molar-refractivity contribution in [2.24, 2.45) is 0 Å². The van der Waals surface area contributed by atoms with Gasteiger partial charge in [0, 0.05) is 50.3 Å². The van der Waals surface area contributed by atoms with E-state index >= 15 is 0 Å². The molecule has 0 aliphatic rings. The average Bonchev–Trinajstić information content (AvgIpc) is 3.86. The molecule has 3 heterocycles. The lowest BCUT2D eigenvalue weighted by atomic mass is 9.96. The van der Waals surface area contributed by atoms with Crippen LogP contribution in [0.25, 0.3) is 106 Å². The first kappa shape index (κ1) is 31.9. The van der Waals surface area contributed by atoms with E-state index in [1.54, 1.807) is 0 Å². The highest BCUT2D eigenvalue weighted by atomic mass is 16.3. The Morgan fingerprint density at radius 3 is 1.61 bits per heavy atom. The summed E-state index contributed by atoms with van der Waals surface area (Å²) in [5, 5.41) is 5.77. The molecule has 262 valence electrons. The number of nitrogens with zero attached hydrogens (tertiary/aromatic N) is 4. The minimum absolute atomic E-state index is 0.611. The predicted octanol–water partition coefficient (Wildman–Crippen LogP) is 13.2. The molecule has 0 spiro atoms. The van der Waals surface area contributed by atoms with E-state index in [0.29, 0.717) is 17.5 Å². The molecule has 0 radical (unpaired) electrons. The molecule has 11 rings (SSSR count). The second kappa shape index (κ2) is 13.0. The van der Waals surface area contributed by atoms with E-state index in [9.17, 15) is 0 Å². The van der Waals surface area contributed by atoms with E-state index in [1.807, 2.05) is 72.8 Å². The van der Waals surface area contributed by atoms with Gasteiger partial charge in [-0.3, -0.25) is 0 Å². The standard InChI is InChI=1S/C51H32N4O/c1-4-14-34(15-5-1)49-52-50(35-16-6-2-7-17-35)54-51(53-49)39-25-28-47-43(31-39)42-30-37(24-27-46(42)56-47)36-18-12-19-38(29-36)44-32-55(40-20-8-3-9-21-40)45-26-23-33-13-10-11-22-41(33)48(44)45/h1-32H. The molecule has 0 bridgehead atoms. The first-order valence-corrected chi connectivity index (χ1v) is 18.8. The van der Waals surface area contributed by atoms with E-state index in [0.717, 1.165) is 61.0 Å². The first-order chi connectivity index (χ1) is 27.7. The molecular formula is C51H32N4O. The maximum atomic E-state index is 6.39. The topological polar surface area (TPSA) is 56.7 Å². The van der Waals surface area contributed by atoms with Gasteiger partial charge in [-0.05, 0) is 82.1 Å². The number of rotatable bonds is 6. The Labute approximate surface area is 322 Å². The quantitative estimate of drug-likeness (QED) is 0.172. The van der Waals surface area contributed by atoms with Crippen LogP contribution in [0.1, 0.15) is 0 Å². The zero-order chi connectivity index (χ0) is 37.0. The van der Waals surface area contributed by atoms with E-state index in [1.165, 1.54) is 27.2 Å². The molecule has 0 saturated carbocycles. The van der Waals surface area contributed by atoms with Gasteiger partial charge in [-0.1, -0.05) is 133 Å². The Morgan fingerprint density at radius 1 is 0.375 bits per heavy atom. The molecular weight excluding hydrogens is 685 g/mol. The zero-order valence-electron chi connectivity index (χ0n) is 30.2. The Bertz CT molecular complexity index is 3180. The summed E-state index contributed by atoms with van der Waals surface area (Å²) in [5.41, 5.74) is 11.3. The Hall–Kier alpha value is -7.63. The van der Waals surface area contributed by atoms with Gasteiger partial charge in [-0.25, -0.2) is 15.0 Å². The van der Waals surface area contributed by atoms with Crippen LogP contribution in [-0.2, 0) is 0 Å². The molecule has 8 aromatic carbocycles. The fourth-order valence-corrected chi connectivity index (χ4v) is 7.93. The van der Waals surface area contributed by atoms with Crippen LogP contribution >= 0.6 is 0 Å². The summed E-state index contributed by atoms with van der Waals surface area (Å²) in [6.07, 6.45) is 2.29. The Balaban J connectivity index is 1.04. The molecule has 0 N–H and O–H groups in total. The lowest BCUT2D eigenvalue weighted by Crippen LogP contribution is -2.00. The molecule has 0 amide bonds. The minimum Gasteiger partial charge on any atom is -0.456 e. The maximum absolute atomic E-state index is 6.39. The highest BCUT2D eigenvalue weighted by molar-refractivity contribution is 6.14. The maximum Gasteiger partial charge on any atom is 0.164 e. The van der Waals surface area contributed by atoms with Crippen LogP contribution in [0.15, 0.2) is 199 Å². The third kappa shape index (κ3) is 5.45. The molecule has 56 heavy (non-hydrogen) atoms. The van der Waals surface area contributed by atoms with Crippen molar-refractivity contribution in [1.29, 1.82) is 0 Å². The fraction of sp³-hybridized carbons (Fsp3) is 0. The minimum atomic E-state index is 0.611. The summed E-state index contributed by atoms with van der Waals surface area (Å²) in [6, 6.07) is 65.3. The molecule has 0 saturated heterocycles. The van der Waals surface area contributed by atoms with Crippen molar-refractivity contribution in [1.82, 2.24) is 19.5 Å². The number of benzene rings is 8. The first-order valence-electron chi connectivity index (χ1n) is 18.8. The van der Waals surface area contributed by atoms with Crippen molar-refractivity contribution in [3.8, 4) is 62.1 Å². The second-order valence-corrected chi connectivity index (χ2v) is 14.1. The van der Waals surface area contributed by atoms with Crippen LogP contribution in [0.3, 0.4) is 0 Å². The van der Waals surface area contributed by atoms with Crippen molar-refractivity contribution in [3.05, 3.63) is 194 Å². The normalized spacial score (nSPS) is 11.6. The molecule has 11 aromatic rings. The van der Waals surface area contributed by atoms with Crippen LogP contribution in [0.5, 0.6) is 0 Å². The largest absolute Gasteiger partial charge is 0.456 e. The van der Waals surface area contributed by atoms with Crippen LogP contribution in [0.2, 0.25) is 0 Å². The van der Waals surface area contributed by atoms with Crippen LogP contribution in [0, 0.1) is 0 Å². The third-order valence-electron chi connectivity index (χ3n) is 10.7. The van der Waals surface area contributed by atoms with Gasteiger partial charge in [-0.2, -0.15) is 0 Å². The number of aromatic nitrogens is 4. The molecule has 0 atom stereocenters. The van der Waals surface area contributed by atoms with E-state index in [2.05, 4.69) is 126 Å². The second-order valence-electron chi connectivity index (χ2n) is 14.1. The summed E-state index contributed by atoms with van der Waals surface area (Å²) < 4.78 is 8.70. The number of fused-ring (bicyclic) bond motifs is 6. The third-order valence-corrected chi connectivity index (χ3v) is 10.7. The van der Waals surface area contributed by atoms with E-state index in [-0.39, 0.29) is 0 Å². The van der Waals surface area contributed by atoms with Crippen molar-refractivity contribution >= 4 is 43.6 Å².